The molecule has 0 bridgehead atoms. The summed E-state index contributed by atoms with van der Waals surface area (Å²) in [7, 11) is 0. The van der Waals surface area contributed by atoms with Gasteiger partial charge in [-0.2, -0.15) is 5.10 Å². The van der Waals surface area contributed by atoms with Crippen LogP contribution < -0.4 is 11.1 Å². The van der Waals surface area contributed by atoms with Gasteiger partial charge < -0.3 is 11.1 Å². The molecule has 0 fully saturated rings. The second kappa shape index (κ2) is 5.80. The van der Waals surface area contributed by atoms with Crippen LogP contribution in [0, 0.1) is 0 Å². The smallest absolute Gasteiger partial charge is 0.148 e. The molecule has 0 aliphatic carbocycles. The summed E-state index contributed by atoms with van der Waals surface area (Å²) in [5.41, 5.74) is 6.80. The van der Waals surface area contributed by atoms with Gasteiger partial charge in [0, 0.05) is 12.1 Å². The van der Waals surface area contributed by atoms with E-state index < -0.39 is 0 Å². The summed E-state index contributed by atoms with van der Waals surface area (Å²) < 4.78 is 0. The first-order valence-electron chi connectivity index (χ1n) is 5.86. The van der Waals surface area contributed by atoms with E-state index in [2.05, 4.69) is 22.4 Å². The van der Waals surface area contributed by atoms with Crippen molar-refractivity contribution >= 4 is 5.82 Å². The van der Waals surface area contributed by atoms with Crippen LogP contribution in [0.4, 0.5) is 5.82 Å². The van der Waals surface area contributed by atoms with Gasteiger partial charge in [0.05, 0.1) is 5.69 Å². The predicted molar refractivity (Wildman–Crippen MR) is 67.4 cm³/mol. The third-order valence-corrected chi connectivity index (χ3v) is 2.30. The number of nitrogens with one attached hydrogen (secondary N) is 1. The molecule has 0 aliphatic heterocycles. The molecule has 0 spiro atoms. The van der Waals surface area contributed by atoms with Crippen LogP contribution in [0.15, 0.2) is 12.1 Å². The molecule has 0 saturated carbocycles. The molecular formula is C12H22N4. The van der Waals surface area contributed by atoms with Gasteiger partial charge in [0.25, 0.3) is 0 Å². The molecule has 4 nitrogen and oxygen atoms in total. The summed E-state index contributed by atoms with van der Waals surface area (Å²) in [5.74, 6) is 0.823. The Hall–Kier alpha value is -1.16. The predicted octanol–water partition coefficient (Wildman–Crippen LogP) is 1.97. The molecule has 4 heteroatoms. The van der Waals surface area contributed by atoms with E-state index in [1.807, 2.05) is 26.0 Å². The summed E-state index contributed by atoms with van der Waals surface area (Å²) >= 11 is 0. The summed E-state index contributed by atoms with van der Waals surface area (Å²) in [4.78, 5) is 0. The average Bonchev–Trinajstić information content (AvgIpc) is 2.19. The van der Waals surface area contributed by atoms with Crippen molar-refractivity contribution in [2.24, 2.45) is 5.73 Å². The van der Waals surface area contributed by atoms with E-state index >= 15 is 0 Å². The van der Waals surface area contributed by atoms with Gasteiger partial charge in [-0.05, 0) is 38.8 Å². The highest BCUT2D eigenvalue weighted by atomic mass is 15.2. The molecule has 0 aromatic carbocycles. The fourth-order valence-electron chi connectivity index (χ4n) is 1.36. The van der Waals surface area contributed by atoms with Crippen LogP contribution in [0.5, 0.6) is 0 Å². The van der Waals surface area contributed by atoms with Crippen LogP contribution in [0.1, 0.15) is 39.3 Å². The first kappa shape index (κ1) is 12.9. The van der Waals surface area contributed by atoms with E-state index in [0.717, 1.165) is 37.3 Å². The fraction of sp³-hybridized carbons (Fsp3) is 0.667. The van der Waals surface area contributed by atoms with Crippen molar-refractivity contribution in [3.8, 4) is 0 Å². The van der Waals surface area contributed by atoms with Gasteiger partial charge in [0.15, 0.2) is 0 Å². The van der Waals surface area contributed by atoms with Crippen LogP contribution in [-0.2, 0) is 6.42 Å². The summed E-state index contributed by atoms with van der Waals surface area (Å²) in [6.45, 7) is 7.00. The molecule has 1 heterocycles. The number of aryl methyl sites for hydroxylation is 1. The van der Waals surface area contributed by atoms with E-state index in [1.165, 1.54) is 0 Å². The lowest BCUT2D eigenvalue weighted by Crippen LogP contribution is -2.34. The third kappa shape index (κ3) is 5.07. The molecule has 0 atom stereocenters. The number of anilines is 1. The lowest BCUT2D eigenvalue weighted by atomic mass is 10.0. The highest BCUT2D eigenvalue weighted by Crippen LogP contribution is 2.06. The Labute approximate surface area is 97.6 Å². The first-order chi connectivity index (χ1) is 7.51. The minimum Gasteiger partial charge on any atom is -0.369 e. The molecule has 0 radical (unpaired) electrons. The zero-order valence-corrected chi connectivity index (χ0v) is 10.5. The number of nitrogens with zero attached hydrogens (tertiary/aromatic N) is 2. The van der Waals surface area contributed by atoms with Crippen molar-refractivity contribution in [3.05, 3.63) is 17.8 Å². The molecular weight excluding hydrogens is 200 g/mol. The van der Waals surface area contributed by atoms with Crippen molar-refractivity contribution in [2.75, 3.05) is 11.9 Å². The topological polar surface area (TPSA) is 63.8 Å². The van der Waals surface area contributed by atoms with Crippen molar-refractivity contribution in [1.29, 1.82) is 0 Å². The average molecular weight is 222 g/mol. The van der Waals surface area contributed by atoms with Crippen LogP contribution in [0.3, 0.4) is 0 Å². The van der Waals surface area contributed by atoms with Gasteiger partial charge in [0.2, 0.25) is 0 Å². The van der Waals surface area contributed by atoms with Crippen molar-refractivity contribution in [3.63, 3.8) is 0 Å². The van der Waals surface area contributed by atoms with E-state index in [1.54, 1.807) is 0 Å². The Morgan fingerprint density at radius 1 is 1.31 bits per heavy atom. The monoisotopic (exact) mass is 222 g/mol. The van der Waals surface area contributed by atoms with Crippen LogP contribution in [0.25, 0.3) is 0 Å². The minimum atomic E-state index is -0.136. The van der Waals surface area contributed by atoms with Gasteiger partial charge in [-0.1, -0.05) is 13.3 Å². The van der Waals surface area contributed by atoms with Crippen molar-refractivity contribution in [2.45, 2.75) is 45.6 Å². The van der Waals surface area contributed by atoms with Crippen LogP contribution in [-0.4, -0.2) is 22.3 Å². The van der Waals surface area contributed by atoms with Gasteiger partial charge in [-0.3, -0.25) is 0 Å². The molecule has 0 aliphatic rings. The number of hydrogen-bond donors (Lipinski definition) is 2. The molecule has 1 rings (SSSR count). The fourth-order valence-corrected chi connectivity index (χ4v) is 1.36. The number of aromatic nitrogens is 2. The lowest BCUT2D eigenvalue weighted by molar-refractivity contribution is 0.490. The van der Waals surface area contributed by atoms with Gasteiger partial charge in [-0.15, -0.1) is 5.10 Å². The second-order valence-electron chi connectivity index (χ2n) is 4.83. The maximum Gasteiger partial charge on any atom is 0.148 e. The Balaban J connectivity index is 2.37. The maximum atomic E-state index is 5.89. The van der Waals surface area contributed by atoms with Gasteiger partial charge in [-0.25, -0.2) is 0 Å². The quantitative estimate of drug-likeness (QED) is 0.772. The summed E-state index contributed by atoms with van der Waals surface area (Å²) in [6.07, 6.45) is 3.00. The highest BCUT2D eigenvalue weighted by Gasteiger charge is 2.09. The minimum absolute atomic E-state index is 0.136. The molecule has 1 aromatic rings. The molecule has 16 heavy (non-hydrogen) atoms. The van der Waals surface area contributed by atoms with Crippen LogP contribution >= 0.6 is 0 Å². The molecule has 0 amide bonds. The number of nitrogens with two attached hydrogens (primary N) is 1. The van der Waals surface area contributed by atoms with Crippen LogP contribution in [0.2, 0.25) is 0 Å². The summed E-state index contributed by atoms with van der Waals surface area (Å²) in [5, 5.41) is 11.5. The number of hydrogen-bond acceptors (Lipinski definition) is 4. The molecule has 0 saturated heterocycles. The second-order valence-corrected chi connectivity index (χ2v) is 4.83. The Morgan fingerprint density at radius 2 is 2.06 bits per heavy atom. The van der Waals surface area contributed by atoms with Crippen molar-refractivity contribution in [1.82, 2.24) is 10.2 Å². The largest absolute Gasteiger partial charge is 0.369 e. The van der Waals surface area contributed by atoms with Gasteiger partial charge in [0.1, 0.15) is 5.82 Å². The SMILES string of the molecule is CCCc1ccc(NCCC(C)(C)N)nn1. The summed E-state index contributed by atoms with van der Waals surface area (Å²) in [6, 6.07) is 3.99. The zero-order chi connectivity index (χ0) is 12.0. The third-order valence-electron chi connectivity index (χ3n) is 2.30. The van der Waals surface area contributed by atoms with E-state index in [4.69, 9.17) is 5.73 Å². The Morgan fingerprint density at radius 3 is 2.56 bits per heavy atom. The van der Waals surface area contributed by atoms with Gasteiger partial charge >= 0.3 is 0 Å². The molecule has 1 aromatic heterocycles. The maximum absolute atomic E-state index is 5.89. The first-order valence-corrected chi connectivity index (χ1v) is 5.86. The van der Waals surface area contributed by atoms with E-state index in [0.29, 0.717) is 0 Å². The Bertz CT molecular complexity index is 300. The zero-order valence-electron chi connectivity index (χ0n) is 10.5. The molecule has 90 valence electrons. The molecule has 3 N–H and O–H groups in total. The Kier molecular flexibility index (Phi) is 4.68. The normalized spacial score (nSPS) is 11.5. The standard InChI is InChI=1S/C12H22N4/c1-4-5-10-6-7-11(16-15-10)14-9-8-12(2,3)13/h6-7H,4-5,8-9,13H2,1-3H3,(H,14,16). The molecule has 0 unspecified atom stereocenters. The number of rotatable bonds is 6. The van der Waals surface area contributed by atoms with Crippen molar-refractivity contribution < 1.29 is 0 Å². The lowest BCUT2D eigenvalue weighted by Gasteiger charge is -2.18. The van der Waals surface area contributed by atoms with E-state index in [9.17, 15) is 0 Å². The highest BCUT2D eigenvalue weighted by molar-refractivity contribution is 5.32. The van der Waals surface area contributed by atoms with E-state index in [-0.39, 0.29) is 5.54 Å².